The van der Waals surface area contributed by atoms with Crippen molar-refractivity contribution in [3.05, 3.63) is 35.9 Å². The van der Waals surface area contributed by atoms with Crippen LogP contribution in [-0.2, 0) is 9.59 Å². The summed E-state index contributed by atoms with van der Waals surface area (Å²) in [7, 11) is 1.79. The molecule has 1 aliphatic heterocycles. The Morgan fingerprint density at radius 2 is 2.04 bits per heavy atom. The number of carbonyl (C=O) groups excluding carboxylic acids is 2. The van der Waals surface area contributed by atoms with Crippen LogP contribution in [0.5, 0.6) is 0 Å². The number of piperidine rings is 1. The fraction of sp³-hybridized carbons (Fsp3) is 0.579. The average molecular weight is 368 g/mol. The Bertz CT molecular complexity index is 553. The van der Waals surface area contributed by atoms with Crippen molar-refractivity contribution < 1.29 is 9.59 Å². The molecule has 0 aliphatic carbocycles. The van der Waals surface area contributed by atoms with E-state index in [2.05, 4.69) is 12.2 Å². The number of hydrogen-bond acceptors (Lipinski definition) is 3. The molecule has 3 unspecified atom stereocenters. The summed E-state index contributed by atoms with van der Waals surface area (Å²) in [5, 5.41) is 3.10. The third-order valence-corrected chi connectivity index (χ3v) is 4.88. The average Bonchev–Trinajstić information content (AvgIpc) is 2.61. The normalized spacial score (nSPS) is 21.4. The van der Waals surface area contributed by atoms with E-state index in [-0.39, 0.29) is 42.2 Å². The van der Waals surface area contributed by atoms with E-state index < -0.39 is 0 Å². The molecule has 3 N–H and O–H groups in total. The molecular formula is C19H30ClN3O2. The minimum atomic E-state index is -0.231. The van der Waals surface area contributed by atoms with Crippen molar-refractivity contribution in [2.24, 2.45) is 11.7 Å². The smallest absolute Gasteiger partial charge is 0.225 e. The maximum Gasteiger partial charge on any atom is 0.225 e. The molecule has 2 rings (SSSR count). The van der Waals surface area contributed by atoms with Crippen LogP contribution in [0.3, 0.4) is 0 Å². The Labute approximate surface area is 156 Å². The molecule has 1 heterocycles. The van der Waals surface area contributed by atoms with Gasteiger partial charge in [-0.15, -0.1) is 12.4 Å². The van der Waals surface area contributed by atoms with Crippen molar-refractivity contribution >= 4 is 24.2 Å². The topological polar surface area (TPSA) is 75.4 Å². The minimum absolute atomic E-state index is 0. The van der Waals surface area contributed by atoms with E-state index in [0.29, 0.717) is 19.4 Å². The third-order valence-electron chi connectivity index (χ3n) is 4.88. The van der Waals surface area contributed by atoms with Crippen LogP contribution < -0.4 is 11.1 Å². The molecule has 140 valence electrons. The predicted octanol–water partition coefficient (Wildman–Crippen LogP) is 2.65. The Hall–Kier alpha value is -1.59. The van der Waals surface area contributed by atoms with Crippen LogP contribution in [0.4, 0.5) is 0 Å². The van der Waals surface area contributed by atoms with Crippen molar-refractivity contribution in [2.45, 2.75) is 51.1 Å². The van der Waals surface area contributed by atoms with Gasteiger partial charge in [-0.3, -0.25) is 9.59 Å². The van der Waals surface area contributed by atoms with Crippen molar-refractivity contribution in [3.8, 4) is 0 Å². The first-order valence-corrected chi connectivity index (χ1v) is 8.89. The highest BCUT2D eigenvalue weighted by atomic mass is 35.5. The van der Waals surface area contributed by atoms with Gasteiger partial charge in [-0.2, -0.15) is 0 Å². The molecule has 0 radical (unpaired) electrons. The molecule has 1 aliphatic rings. The molecule has 0 saturated carbocycles. The van der Waals surface area contributed by atoms with Gasteiger partial charge in [-0.25, -0.2) is 0 Å². The summed E-state index contributed by atoms with van der Waals surface area (Å²) >= 11 is 0. The number of nitrogens with one attached hydrogen (secondary N) is 1. The Morgan fingerprint density at radius 1 is 1.36 bits per heavy atom. The lowest BCUT2D eigenvalue weighted by Crippen LogP contribution is -2.49. The molecule has 25 heavy (non-hydrogen) atoms. The zero-order valence-electron chi connectivity index (χ0n) is 15.1. The molecule has 1 aromatic carbocycles. The highest BCUT2D eigenvalue weighted by Crippen LogP contribution is 2.35. The molecular weight excluding hydrogens is 338 g/mol. The lowest BCUT2D eigenvalue weighted by molar-refractivity contribution is -0.141. The van der Waals surface area contributed by atoms with Gasteiger partial charge in [0, 0.05) is 26.1 Å². The SMILES string of the molecule is CCCCC(CN)NC(=O)C1CCC(=O)N(C)C1c1ccccc1.Cl. The quantitative estimate of drug-likeness (QED) is 0.777. The first-order chi connectivity index (χ1) is 11.6. The van der Waals surface area contributed by atoms with Crippen LogP contribution in [0.2, 0.25) is 0 Å². The van der Waals surface area contributed by atoms with Gasteiger partial charge in [0.1, 0.15) is 0 Å². The van der Waals surface area contributed by atoms with Gasteiger partial charge < -0.3 is 16.0 Å². The fourth-order valence-corrected chi connectivity index (χ4v) is 3.43. The Kier molecular flexibility index (Phi) is 8.93. The molecule has 1 fully saturated rings. The van der Waals surface area contributed by atoms with Crippen LogP contribution in [-0.4, -0.2) is 36.3 Å². The third kappa shape index (κ3) is 5.44. The van der Waals surface area contributed by atoms with Crippen LogP contribution in [0.25, 0.3) is 0 Å². The number of carbonyl (C=O) groups is 2. The van der Waals surface area contributed by atoms with Gasteiger partial charge >= 0.3 is 0 Å². The van der Waals surface area contributed by atoms with Crippen molar-refractivity contribution in [2.75, 3.05) is 13.6 Å². The first-order valence-electron chi connectivity index (χ1n) is 8.89. The Morgan fingerprint density at radius 3 is 2.64 bits per heavy atom. The van der Waals surface area contributed by atoms with Crippen LogP contribution in [0, 0.1) is 5.92 Å². The van der Waals surface area contributed by atoms with Gasteiger partial charge in [0.2, 0.25) is 11.8 Å². The molecule has 1 saturated heterocycles. The highest BCUT2D eigenvalue weighted by molar-refractivity contribution is 5.85. The summed E-state index contributed by atoms with van der Waals surface area (Å²) in [6.07, 6.45) is 4.03. The first kappa shape index (κ1) is 21.5. The summed E-state index contributed by atoms with van der Waals surface area (Å²) in [4.78, 5) is 26.7. The van der Waals surface area contributed by atoms with Gasteiger partial charge in [0.15, 0.2) is 0 Å². The van der Waals surface area contributed by atoms with Gasteiger partial charge in [0.25, 0.3) is 0 Å². The van der Waals surface area contributed by atoms with Crippen molar-refractivity contribution in [3.63, 3.8) is 0 Å². The summed E-state index contributed by atoms with van der Waals surface area (Å²) < 4.78 is 0. The molecule has 5 nitrogen and oxygen atoms in total. The molecule has 0 spiro atoms. The van der Waals surface area contributed by atoms with Gasteiger partial charge in [-0.05, 0) is 18.4 Å². The molecule has 0 aromatic heterocycles. The fourth-order valence-electron chi connectivity index (χ4n) is 3.43. The number of halogens is 1. The summed E-state index contributed by atoms with van der Waals surface area (Å²) in [5.41, 5.74) is 6.81. The molecule has 6 heteroatoms. The maximum atomic E-state index is 12.9. The molecule has 2 amide bonds. The predicted molar refractivity (Wildman–Crippen MR) is 102 cm³/mol. The van der Waals surface area contributed by atoms with E-state index in [1.807, 2.05) is 30.3 Å². The molecule has 0 bridgehead atoms. The van der Waals surface area contributed by atoms with E-state index in [1.54, 1.807) is 11.9 Å². The summed E-state index contributed by atoms with van der Waals surface area (Å²) in [5.74, 6) is -0.130. The van der Waals surface area contributed by atoms with E-state index in [0.717, 1.165) is 24.8 Å². The van der Waals surface area contributed by atoms with Crippen LogP contribution in [0.15, 0.2) is 30.3 Å². The van der Waals surface area contributed by atoms with E-state index in [1.165, 1.54) is 0 Å². The minimum Gasteiger partial charge on any atom is -0.352 e. The Balaban J connectivity index is 0.00000312. The maximum absolute atomic E-state index is 12.9. The van der Waals surface area contributed by atoms with E-state index in [9.17, 15) is 9.59 Å². The standard InChI is InChI=1S/C19H29N3O2.ClH/c1-3-4-10-15(13-20)21-19(24)16-11-12-17(23)22(2)18(16)14-8-6-5-7-9-14;/h5-9,15-16,18H,3-4,10-13,20H2,1-2H3,(H,21,24);1H. The second-order valence-corrected chi connectivity index (χ2v) is 6.59. The summed E-state index contributed by atoms with van der Waals surface area (Å²) in [6.45, 7) is 2.58. The number of likely N-dealkylation sites (tertiary alicyclic amines) is 1. The van der Waals surface area contributed by atoms with Crippen molar-refractivity contribution in [1.29, 1.82) is 0 Å². The number of unbranched alkanes of at least 4 members (excludes halogenated alkanes) is 1. The van der Waals surface area contributed by atoms with Crippen LogP contribution >= 0.6 is 12.4 Å². The second-order valence-electron chi connectivity index (χ2n) is 6.59. The lowest BCUT2D eigenvalue weighted by Gasteiger charge is -2.39. The number of benzene rings is 1. The molecule has 1 aromatic rings. The number of hydrogen-bond donors (Lipinski definition) is 2. The zero-order valence-corrected chi connectivity index (χ0v) is 15.9. The molecule has 3 atom stereocenters. The van der Waals surface area contributed by atoms with E-state index >= 15 is 0 Å². The largest absolute Gasteiger partial charge is 0.352 e. The summed E-state index contributed by atoms with van der Waals surface area (Å²) in [6, 6.07) is 9.60. The highest BCUT2D eigenvalue weighted by Gasteiger charge is 2.39. The second kappa shape index (κ2) is 10.4. The van der Waals surface area contributed by atoms with Crippen LogP contribution in [0.1, 0.15) is 50.6 Å². The number of nitrogens with zero attached hydrogens (tertiary/aromatic N) is 1. The number of amides is 2. The van der Waals surface area contributed by atoms with E-state index in [4.69, 9.17) is 5.73 Å². The lowest BCUT2D eigenvalue weighted by atomic mass is 9.83. The van der Waals surface area contributed by atoms with Gasteiger partial charge in [-0.1, -0.05) is 50.1 Å². The zero-order chi connectivity index (χ0) is 17.5. The monoisotopic (exact) mass is 367 g/mol. The van der Waals surface area contributed by atoms with Gasteiger partial charge in [0.05, 0.1) is 12.0 Å². The number of nitrogens with two attached hydrogens (primary N) is 1. The van der Waals surface area contributed by atoms with Crippen molar-refractivity contribution in [1.82, 2.24) is 10.2 Å². The number of rotatable bonds is 7.